The summed E-state index contributed by atoms with van der Waals surface area (Å²) < 4.78 is 14.5. The normalized spacial score (nSPS) is 17.1. The van der Waals surface area contributed by atoms with E-state index in [4.69, 9.17) is 0 Å². The van der Waals surface area contributed by atoms with Gasteiger partial charge in [-0.1, -0.05) is 25.1 Å². The highest BCUT2D eigenvalue weighted by Gasteiger charge is 2.27. The van der Waals surface area contributed by atoms with Crippen LogP contribution in [0.3, 0.4) is 0 Å². The van der Waals surface area contributed by atoms with E-state index >= 15 is 0 Å². The van der Waals surface area contributed by atoms with Gasteiger partial charge in [0.25, 0.3) is 11.5 Å². The minimum Gasteiger partial charge on any atom is -0.328 e. The average Bonchev–Trinajstić information content (AvgIpc) is 3.33. The van der Waals surface area contributed by atoms with Gasteiger partial charge in [0.05, 0.1) is 29.7 Å². The number of nitrogens with zero attached hydrogens (tertiary/aromatic N) is 3. The van der Waals surface area contributed by atoms with Gasteiger partial charge < -0.3 is 4.90 Å². The van der Waals surface area contributed by atoms with Crippen molar-refractivity contribution in [3.8, 4) is 0 Å². The number of aromatic nitrogens is 4. The average molecular weight is 405 g/mol. The van der Waals surface area contributed by atoms with Crippen LogP contribution in [-0.4, -0.2) is 31.2 Å². The number of hydrogen-bond donors (Lipinski definition) is 2. The summed E-state index contributed by atoms with van der Waals surface area (Å²) in [5.41, 5.74) is 3.12. The molecule has 0 fully saturated rings. The highest BCUT2D eigenvalue weighted by atomic mass is 19.1. The van der Waals surface area contributed by atoms with Crippen LogP contribution >= 0.6 is 0 Å². The molecule has 1 aliphatic carbocycles. The molecule has 1 atom stereocenters. The Labute approximate surface area is 170 Å². The van der Waals surface area contributed by atoms with Crippen molar-refractivity contribution in [3.05, 3.63) is 79.1 Å². The first-order chi connectivity index (χ1) is 14.5. The van der Waals surface area contributed by atoms with Gasteiger partial charge in [-0.15, -0.1) is 0 Å². The largest absolute Gasteiger partial charge is 0.328 e. The van der Waals surface area contributed by atoms with Crippen molar-refractivity contribution in [2.75, 3.05) is 0 Å². The van der Waals surface area contributed by atoms with E-state index in [1.807, 2.05) is 12.2 Å². The Morgan fingerprint density at radius 2 is 2.13 bits per heavy atom. The fourth-order valence-electron chi connectivity index (χ4n) is 4.12. The second kappa shape index (κ2) is 7.05. The molecule has 0 bridgehead atoms. The molecule has 7 nitrogen and oxygen atoms in total. The predicted octanol–water partition coefficient (Wildman–Crippen LogP) is 0.980. The standard InChI is InChI=1S/C22H20FN5O2/c1-12-2-4-15-16(6-12)21(29)27-26-19(15)8-13-3-5-18(23)17(7-13)22(30)28-10-14-9-24-25-20(14)11-28/h3-7,9,12H,2,8,10-11H2,1H3,(H,24,25)(H,27,29)/t12-/m1/s1. The molecule has 0 saturated carbocycles. The van der Waals surface area contributed by atoms with Crippen LogP contribution in [0.5, 0.6) is 0 Å². The lowest BCUT2D eigenvalue weighted by atomic mass is 9.97. The number of amides is 1. The zero-order chi connectivity index (χ0) is 20.8. The van der Waals surface area contributed by atoms with Gasteiger partial charge >= 0.3 is 0 Å². The van der Waals surface area contributed by atoms with E-state index in [2.05, 4.69) is 27.3 Å². The maximum absolute atomic E-state index is 14.5. The maximum atomic E-state index is 14.5. The molecule has 2 N–H and O–H groups in total. The molecule has 152 valence electrons. The van der Waals surface area contributed by atoms with E-state index in [0.717, 1.165) is 28.5 Å². The lowest BCUT2D eigenvalue weighted by Gasteiger charge is -2.16. The number of fused-ring (bicyclic) bond motifs is 2. The van der Waals surface area contributed by atoms with Gasteiger partial charge in [0.15, 0.2) is 0 Å². The SMILES string of the molecule is C[C@H]1C=c2c(=O)[nH]nc(Cc3ccc(F)c(C(=O)N4Cc5cn[nH]c5C4)c3)c2=CC1. The number of carbonyl (C=O) groups excluding carboxylic acids is 1. The molecule has 3 aromatic rings. The summed E-state index contributed by atoms with van der Waals surface area (Å²) in [4.78, 5) is 26.7. The Hall–Kier alpha value is -3.55. The van der Waals surface area contributed by atoms with Gasteiger partial charge in [-0.05, 0) is 30.0 Å². The summed E-state index contributed by atoms with van der Waals surface area (Å²) in [6.07, 6.45) is 6.90. The fraction of sp³-hybridized carbons (Fsp3) is 0.273. The monoisotopic (exact) mass is 405 g/mol. The van der Waals surface area contributed by atoms with Crippen molar-refractivity contribution in [1.29, 1.82) is 0 Å². The van der Waals surface area contributed by atoms with Crippen LogP contribution in [0.4, 0.5) is 4.39 Å². The van der Waals surface area contributed by atoms with E-state index in [1.54, 1.807) is 23.2 Å². The third kappa shape index (κ3) is 3.14. The van der Waals surface area contributed by atoms with Gasteiger partial charge in [0, 0.05) is 29.0 Å². The van der Waals surface area contributed by atoms with Gasteiger partial charge in [0.2, 0.25) is 0 Å². The lowest BCUT2D eigenvalue weighted by molar-refractivity contribution is 0.0744. The number of carbonyl (C=O) groups is 1. The molecule has 0 unspecified atom stereocenters. The Bertz CT molecular complexity index is 1320. The number of halogens is 1. The molecule has 0 saturated heterocycles. The van der Waals surface area contributed by atoms with Crippen molar-refractivity contribution in [2.45, 2.75) is 32.9 Å². The highest BCUT2D eigenvalue weighted by Crippen LogP contribution is 2.23. The minimum atomic E-state index is -0.553. The van der Waals surface area contributed by atoms with Crippen molar-refractivity contribution >= 4 is 18.1 Å². The molecule has 0 spiro atoms. The molecule has 8 heteroatoms. The van der Waals surface area contributed by atoms with Gasteiger partial charge in [0.1, 0.15) is 5.82 Å². The van der Waals surface area contributed by atoms with Crippen LogP contribution in [0.1, 0.15) is 46.2 Å². The predicted molar refractivity (Wildman–Crippen MR) is 108 cm³/mol. The van der Waals surface area contributed by atoms with E-state index in [1.165, 1.54) is 6.07 Å². The highest BCUT2D eigenvalue weighted by molar-refractivity contribution is 5.95. The second-order valence-electron chi connectivity index (χ2n) is 7.94. The minimum absolute atomic E-state index is 0.0352. The molecular formula is C22H20FN5O2. The quantitative estimate of drug-likeness (QED) is 0.679. The molecule has 2 aliphatic rings. The van der Waals surface area contributed by atoms with E-state index in [0.29, 0.717) is 36.3 Å². The van der Waals surface area contributed by atoms with Gasteiger partial charge in [-0.3, -0.25) is 14.7 Å². The number of rotatable bonds is 3. The number of H-pyrrole nitrogens is 2. The van der Waals surface area contributed by atoms with Crippen LogP contribution < -0.4 is 16.0 Å². The smallest absolute Gasteiger partial charge is 0.271 e. The molecule has 2 aromatic heterocycles. The Morgan fingerprint density at radius 1 is 1.27 bits per heavy atom. The third-order valence-electron chi connectivity index (χ3n) is 5.72. The lowest BCUT2D eigenvalue weighted by Crippen LogP contribution is -2.46. The first-order valence-electron chi connectivity index (χ1n) is 9.88. The van der Waals surface area contributed by atoms with Crippen molar-refractivity contribution in [3.63, 3.8) is 0 Å². The summed E-state index contributed by atoms with van der Waals surface area (Å²) in [5.74, 6) is -0.620. The van der Waals surface area contributed by atoms with Crippen LogP contribution in [0.15, 0.2) is 29.2 Å². The number of nitrogens with one attached hydrogen (secondary N) is 2. The van der Waals surface area contributed by atoms with Gasteiger partial charge in [-0.2, -0.15) is 10.2 Å². The Morgan fingerprint density at radius 3 is 2.97 bits per heavy atom. The van der Waals surface area contributed by atoms with E-state index < -0.39 is 5.82 Å². The van der Waals surface area contributed by atoms with Crippen molar-refractivity contribution < 1.29 is 9.18 Å². The van der Waals surface area contributed by atoms with Crippen LogP contribution in [0, 0.1) is 11.7 Å². The number of benzene rings is 1. The molecule has 3 heterocycles. The number of aromatic amines is 2. The molecule has 30 heavy (non-hydrogen) atoms. The zero-order valence-electron chi connectivity index (χ0n) is 16.4. The molecule has 1 aromatic carbocycles. The topological polar surface area (TPSA) is 94.7 Å². The van der Waals surface area contributed by atoms with Gasteiger partial charge in [-0.25, -0.2) is 9.49 Å². The first-order valence-corrected chi connectivity index (χ1v) is 9.88. The van der Waals surface area contributed by atoms with Crippen molar-refractivity contribution in [2.24, 2.45) is 5.92 Å². The summed E-state index contributed by atoms with van der Waals surface area (Å²) in [5, 5.41) is 15.0. The van der Waals surface area contributed by atoms with Crippen LogP contribution in [0.2, 0.25) is 0 Å². The fourth-order valence-corrected chi connectivity index (χ4v) is 4.12. The molecular weight excluding hydrogens is 385 g/mol. The molecule has 5 rings (SSSR count). The van der Waals surface area contributed by atoms with Crippen LogP contribution in [-0.2, 0) is 19.5 Å². The summed E-state index contributed by atoms with van der Waals surface area (Å²) >= 11 is 0. The maximum Gasteiger partial charge on any atom is 0.271 e. The van der Waals surface area contributed by atoms with E-state index in [-0.39, 0.29) is 17.0 Å². The summed E-state index contributed by atoms with van der Waals surface area (Å²) in [7, 11) is 0. The molecule has 0 radical (unpaired) electrons. The zero-order valence-corrected chi connectivity index (χ0v) is 16.4. The molecule has 1 aliphatic heterocycles. The van der Waals surface area contributed by atoms with E-state index in [9.17, 15) is 14.0 Å². The summed E-state index contributed by atoms with van der Waals surface area (Å²) in [6.45, 7) is 2.85. The molecule has 1 amide bonds. The Kier molecular flexibility index (Phi) is 4.34. The Balaban J connectivity index is 1.46. The van der Waals surface area contributed by atoms with Crippen molar-refractivity contribution in [1.82, 2.24) is 25.3 Å². The number of hydrogen-bond acceptors (Lipinski definition) is 4. The third-order valence-corrected chi connectivity index (χ3v) is 5.72. The second-order valence-corrected chi connectivity index (χ2v) is 7.94. The van der Waals surface area contributed by atoms with Crippen LogP contribution in [0.25, 0.3) is 12.2 Å². The summed E-state index contributed by atoms with van der Waals surface area (Å²) in [6, 6.07) is 4.54. The first kappa shape index (κ1) is 18.5.